The zero-order valence-corrected chi connectivity index (χ0v) is 20.6. The highest BCUT2D eigenvalue weighted by Gasteiger charge is 2.33. The molecule has 0 N–H and O–H groups in total. The smallest absolute Gasteiger partial charge is 0.254 e. The topological polar surface area (TPSA) is 51.7 Å². The molecule has 1 amide bonds. The Hall–Kier alpha value is -2.66. The summed E-state index contributed by atoms with van der Waals surface area (Å²) in [5.41, 5.74) is 3.70. The van der Waals surface area contributed by atoms with Crippen LogP contribution in [-0.4, -0.2) is 42.3 Å². The first-order valence-corrected chi connectivity index (χ1v) is 14.8. The van der Waals surface area contributed by atoms with E-state index >= 15 is 0 Å². The second-order valence-electron chi connectivity index (χ2n) is 9.46. The van der Waals surface area contributed by atoms with Gasteiger partial charge in [0.05, 0.1) is 23.8 Å². The number of amides is 1. The van der Waals surface area contributed by atoms with E-state index in [1.807, 2.05) is 31.3 Å². The Morgan fingerprint density at radius 3 is 2.75 bits per heavy atom. The molecule has 0 spiro atoms. The van der Waals surface area contributed by atoms with Crippen molar-refractivity contribution in [3.8, 4) is 0 Å². The zero-order chi connectivity index (χ0) is 23.0. The van der Waals surface area contributed by atoms with Crippen molar-refractivity contribution in [2.45, 2.75) is 44.9 Å². The molecule has 1 atom stereocenters. The molecule has 4 rings (SSSR count). The summed E-state index contributed by atoms with van der Waals surface area (Å²) in [5.74, 6) is -0.0187. The lowest BCUT2D eigenvalue weighted by molar-refractivity contribution is 0.0692. The fourth-order valence-corrected chi connectivity index (χ4v) is 4.99. The average Bonchev–Trinajstić information content (AvgIpc) is 3.09. The lowest BCUT2D eigenvalue weighted by Crippen LogP contribution is -2.37. The van der Waals surface area contributed by atoms with Crippen molar-refractivity contribution in [3.05, 3.63) is 69.7 Å². The summed E-state index contributed by atoms with van der Waals surface area (Å²) < 4.78 is 7.75. The minimum Gasteiger partial charge on any atom is -0.360 e. The highest BCUT2D eigenvalue weighted by molar-refractivity contribution is 6.76. The molecule has 0 bridgehead atoms. The standard InChI is InChI=1S/C24H27ClN4O2Si/c1-26-20-14-21-18(13-19(20)25)23(27-29(21)15-31-10-11-32(3,4)5)22-12-16-8-6-7-9-17(16)24(30)28(22)2/h6-9,13-14,22H,10-12,15H2,2-5H3. The summed E-state index contributed by atoms with van der Waals surface area (Å²) in [7, 11) is 0.613. The van der Waals surface area contributed by atoms with Crippen LogP contribution in [0.1, 0.15) is 27.7 Å². The number of ether oxygens (including phenoxy) is 1. The first-order chi connectivity index (χ1) is 15.2. The van der Waals surface area contributed by atoms with Gasteiger partial charge < -0.3 is 9.64 Å². The molecule has 0 saturated carbocycles. The number of aromatic nitrogens is 2. The number of benzene rings is 2. The van der Waals surface area contributed by atoms with Crippen molar-refractivity contribution in [2.24, 2.45) is 0 Å². The van der Waals surface area contributed by atoms with Gasteiger partial charge in [0.25, 0.3) is 5.91 Å². The molecule has 0 fully saturated rings. The van der Waals surface area contributed by atoms with E-state index in [0.717, 1.165) is 33.8 Å². The second kappa shape index (κ2) is 8.70. The van der Waals surface area contributed by atoms with E-state index in [1.165, 1.54) is 0 Å². The van der Waals surface area contributed by atoms with Gasteiger partial charge in [-0.25, -0.2) is 9.53 Å². The van der Waals surface area contributed by atoms with Crippen LogP contribution < -0.4 is 0 Å². The van der Waals surface area contributed by atoms with E-state index in [1.54, 1.807) is 21.7 Å². The molecule has 3 aromatic rings. The van der Waals surface area contributed by atoms with Gasteiger partial charge in [0.2, 0.25) is 5.69 Å². The van der Waals surface area contributed by atoms with Crippen LogP contribution in [0.25, 0.3) is 15.7 Å². The van der Waals surface area contributed by atoms with Gasteiger partial charge in [-0.3, -0.25) is 4.79 Å². The molecule has 2 heterocycles. The predicted octanol–water partition coefficient (Wildman–Crippen LogP) is 5.92. The van der Waals surface area contributed by atoms with Crippen LogP contribution in [0.5, 0.6) is 0 Å². The predicted molar refractivity (Wildman–Crippen MR) is 130 cm³/mol. The fraction of sp³-hybridized carbons (Fsp3) is 0.375. The molecule has 2 aromatic carbocycles. The number of hydrogen-bond acceptors (Lipinski definition) is 3. The quantitative estimate of drug-likeness (QED) is 0.257. The normalized spacial score (nSPS) is 16.3. The maximum absolute atomic E-state index is 13.0. The monoisotopic (exact) mass is 466 g/mol. The van der Waals surface area contributed by atoms with Gasteiger partial charge in [0, 0.05) is 37.7 Å². The third kappa shape index (κ3) is 4.31. The van der Waals surface area contributed by atoms with Crippen molar-refractivity contribution in [3.63, 3.8) is 0 Å². The van der Waals surface area contributed by atoms with E-state index in [4.69, 9.17) is 28.0 Å². The van der Waals surface area contributed by atoms with Crippen molar-refractivity contribution < 1.29 is 9.53 Å². The molecule has 1 aromatic heterocycles. The van der Waals surface area contributed by atoms with Crippen molar-refractivity contribution in [1.82, 2.24) is 14.7 Å². The Morgan fingerprint density at radius 2 is 2.03 bits per heavy atom. The van der Waals surface area contributed by atoms with Gasteiger partial charge in [0.15, 0.2) is 0 Å². The molecular weight excluding hydrogens is 440 g/mol. The molecule has 166 valence electrons. The minimum absolute atomic E-state index is 0.0187. The van der Waals surface area contributed by atoms with Crippen LogP contribution in [0.2, 0.25) is 30.7 Å². The summed E-state index contributed by atoms with van der Waals surface area (Å²) in [6.07, 6.45) is 0.670. The molecule has 6 nitrogen and oxygen atoms in total. The van der Waals surface area contributed by atoms with Gasteiger partial charge in [-0.1, -0.05) is 49.4 Å². The fourth-order valence-electron chi connectivity index (χ4n) is 4.03. The SMILES string of the molecule is [C-]#[N+]c1cc2c(cc1Cl)c(C1Cc3ccccc3C(=O)N1C)nn2COCC[Si](C)(C)C. The Balaban J connectivity index is 1.74. The minimum atomic E-state index is -1.20. The number of carbonyl (C=O) groups excluding carboxylic acids is 1. The maximum Gasteiger partial charge on any atom is 0.254 e. The molecule has 0 saturated heterocycles. The van der Waals surface area contributed by atoms with Crippen LogP contribution in [0.4, 0.5) is 5.69 Å². The van der Waals surface area contributed by atoms with E-state index in [2.05, 4.69) is 24.5 Å². The largest absolute Gasteiger partial charge is 0.360 e. The van der Waals surface area contributed by atoms with Crippen molar-refractivity contribution in [2.75, 3.05) is 13.7 Å². The van der Waals surface area contributed by atoms with Gasteiger partial charge in [0.1, 0.15) is 6.73 Å². The number of likely N-dealkylation sites (N-methyl/N-ethyl adjacent to an activating group) is 1. The molecule has 0 aliphatic carbocycles. The van der Waals surface area contributed by atoms with Crippen LogP contribution in [-0.2, 0) is 17.9 Å². The van der Waals surface area contributed by atoms with Gasteiger partial charge in [-0.15, -0.1) is 0 Å². The highest BCUT2D eigenvalue weighted by atomic mass is 35.5. The Bertz CT molecular complexity index is 1230. The molecular formula is C24H27ClN4O2Si. The van der Waals surface area contributed by atoms with Crippen LogP contribution in [0, 0.1) is 6.57 Å². The van der Waals surface area contributed by atoms with Gasteiger partial charge in [-0.2, -0.15) is 5.10 Å². The average molecular weight is 467 g/mol. The molecule has 1 unspecified atom stereocenters. The molecule has 32 heavy (non-hydrogen) atoms. The van der Waals surface area contributed by atoms with Crippen molar-refractivity contribution >= 4 is 42.2 Å². The highest BCUT2D eigenvalue weighted by Crippen LogP contribution is 2.38. The first kappa shape index (κ1) is 22.5. The summed E-state index contributed by atoms with van der Waals surface area (Å²) in [6, 6.07) is 12.1. The zero-order valence-electron chi connectivity index (χ0n) is 18.9. The van der Waals surface area contributed by atoms with Crippen molar-refractivity contribution in [1.29, 1.82) is 0 Å². The lowest BCUT2D eigenvalue weighted by Gasteiger charge is -2.33. The van der Waals surface area contributed by atoms with Crippen LogP contribution in [0.3, 0.4) is 0 Å². The third-order valence-corrected chi connectivity index (χ3v) is 7.95. The van der Waals surface area contributed by atoms with Crippen LogP contribution >= 0.6 is 11.6 Å². The number of carbonyl (C=O) groups is 1. The summed E-state index contributed by atoms with van der Waals surface area (Å²) in [5, 5.41) is 6.10. The molecule has 0 radical (unpaired) electrons. The number of halogens is 1. The number of hydrogen-bond donors (Lipinski definition) is 0. The number of fused-ring (bicyclic) bond motifs is 2. The van der Waals surface area contributed by atoms with E-state index in [-0.39, 0.29) is 11.9 Å². The Morgan fingerprint density at radius 1 is 1.28 bits per heavy atom. The maximum atomic E-state index is 13.0. The lowest BCUT2D eigenvalue weighted by atomic mass is 9.91. The molecule has 8 heteroatoms. The third-order valence-electron chi connectivity index (χ3n) is 5.94. The van der Waals surface area contributed by atoms with Gasteiger partial charge in [-0.05, 0) is 36.2 Å². The molecule has 1 aliphatic heterocycles. The second-order valence-corrected chi connectivity index (χ2v) is 15.5. The number of nitrogens with zero attached hydrogens (tertiary/aromatic N) is 4. The van der Waals surface area contributed by atoms with E-state index in [0.29, 0.717) is 30.5 Å². The van der Waals surface area contributed by atoms with Gasteiger partial charge >= 0.3 is 0 Å². The first-order valence-electron chi connectivity index (χ1n) is 10.7. The molecule has 1 aliphatic rings. The van der Waals surface area contributed by atoms with Crippen LogP contribution in [0.15, 0.2) is 36.4 Å². The number of rotatable bonds is 6. The van der Waals surface area contributed by atoms with E-state index in [9.17, 15) is 4.79 Å². The summed E-state index contributed by atoms with van der Waals surface area (Å²) in [6.45, 7) is 15.3. The van der Waals surface area contributed by atoms with E-state index < -0.39 is 8.07 Å². The summed E-state index contributed by atoms with van der Waals surface area (Å²) in [4.78, 5) is 18.3. The Kier molecular flexibility index (Phi) is 6.12. The Labute approximate surface area is 194 Å². The summed E-state index contributed by atoms with van der Waals surface area (Å²) >= 11 is 6.39.